The number of esters is 2. The van der Waals surface area contributed by atoms with Gasteiger partial charge in [-0.3, -0.25) is 4.79 Å². The fourth-order valence-corrected chi connectivity index (χ4v) is 3.53. The second kappa shape index (κ2) is 11.9. The van der Waals surface area contributed by atoms with Gasteiger partial charge in [0, 0.05) is 0 Å². The first-order valence-corrected chi connectivity index (χ1v) is 11.3. The van der Waals surface area contributed by atoms with Crippen LogP contribution in [0.1, 0.15) is 16.7 Å². The number of ether oxygens (including phenoxy) is 4. The summed E-state index contributed by atoms with van der Waals surface area (Å²) in [6.07, 6.45) is -2.43. The molecule has 3 aromatic rings. The Morgan fingerprint density at radius 3 is 1.89 bits per heavy atom. The van der Waals surface area contributed by atoms with E-state index in [4.69, 9.17) is 18.9 Å². The molecule has 1 heterocycles. The Morgan fingerprint density at radius 1 is 0.800 bits per heavy atom. The molecule has 1 N–H and O–H groups in total. The Morgan fingerprint density at radius 2 is 1.31 bits per heavy atom. The van der Waals surface area contributed by atoms with Crippen LogP contribution >= 0.6 is 0 Å². The molecule has 0 radical (unpaired) electrons. The van der Waals surface area contributed by atoms with Gasteiger partial charge in [0.2, 0.25) is 5.76 Å². The average molecular weight is 475 g/mol. The zero-order valence-corrected chi connectivity index (χ0v) is 19.0. The standard InChI is InChI=1S/C28H26O7/c29-23(19-32-24(30)16-20-10-4-1-5-11-20)25-26(33-17-21-12-6-2-7-13-21)27(28(31)35-25)34-18-22-14-8-3-9-15-22/h1-15,23,25,29H,16-19H2/t23-,25+/m0/s1. The molecule has 0 aliphatic carbocycles. The monoisotopic (exact) mass is 474 g/mol. The molecule has 1 aliphatic heterocycles. The van der Waals surface area contributed by atoms with Crippen molar-refractivity contribution in [3.63, 3.8) is 0 Å². The van der Waals surface area contributed by atoms with Crippen molar-refractivity contribution in [2.75, 3.05) is 6.61 Å². The Labute approximate surface area is 203 Å². The second-order valence-corrected chi connectivity index (χ2v) is 7.98. The summed E-state index contributed by atoms with van der Waals surface area (Å²) in [4.78, 5) is 24.8. The van der Waals surface area contributed by atoms with Crippen molar-refractivity contribution >= 4 is 11.9 Å². The van der Waals surface area contributed by atoms with E-state index >= 15 is 0 Å². The van der Waals surface area contributed by atoms with Crippen molar-refractivity contribution in [1.82, 2.24) is 0 Å². The minimum Gasteiger partial charge on any atom is -0.485 e. The third-order valence-corrected chi connectivity index (χ3v) is 5.32. The molecule has 0 saturated carbocycles. The number of carbonyl (C=O) groups excluding carboxylic acids is 2. The Bertz CT molecular complexity index is 1140. The lowest BCUT2D eigenvalue weighted by Gasteiger charge is -2.20. The molecule has 35 heavy (non-hydrogen) atoms. The molecule has 0 bridgehead atoms. The van der Waals surface area contributed by atoms with Crippen LogP contribution in [0, 0.1) is 0 Å². The summed E-state index contributed by atoms with van der Waals surface area (Å²) in [5, 5.41) is 10.7. The van der Waals surface area contributed by atoms with Crippen LogP contribution in [0.25, 0.3) is 0 Å². The number of aliphatic hydroxyl groups excluding tert-OH is 1. The predicted molar refractivity (Wildman–Crippen MR) is 126 cm³/mol. The van der Waals surface area contributed by atoms with Crippen LogP contribution in [0.4, 0.5) is 0 Å². The summed E-state index contributed by atoms with van der Waals surface area (Å²) in [6.45, 7) is -0.103. The quantitative estimate of drug-likeness (QED) is 0.424. The topological polar surface area (TPSA) is 91.3 Å². The van der Waals surface area contributed by atoms with Crippen LogP contribution in [0.3, 0.4) is 0 Å². The summed E-state index contributed by atoms with van der Waals surface area (Å²) >= 11 is 0. The van der Waals surface area contributed by atoms with E-state index in [1.807, 2.05) is 91.0 Å². The van der Waals surface area contributed by atoms with E-state index in [9.17, 15) is 14.7 Å². The highest BCUT2D eigenvalue weighted by atomic mass is 16.6. The van der Waals surface area contributed by atoms with Crippen LogP contribution in [-0.2, 0) is 48.2 Å². The first kappa shape index (κ1) is 24.0. The maximum absolute atomic E-state index is 12.6. The molecule has 7 nitrogen and oxygen atoms in total. The van der Waals surface area contributed by atoms with E-state index in [0.717, 1.165) is 16.7 Å². The molecule has 7 heteroatoms. The van der Waals surface area contributed by atoms with Gasteiger partial charge in [-0.15, -0.1) is 0 Å². The number of hydrogen-bond acceptors (Lipinski definition) is 7. The molecule has 0 unspecified atom stereocenters. The number of hydrogen-bond donors (Lipinski definition) is 1. The number of cyclic esters (lactones) is 1. The molecule has 1 aliphatic rings. The molecule has 180 valence electrons. The van der Waals surface area contributed by atoms with Crippen molar-refractivity contribution in [1.29, 1.82) is 0 Å². The van der Waals surface area contributed by atoms with Crippen molar-refractivity contribution in [3.05, 3.63) is 119 Å². The largest absolute Gasteiger partial charge is 0.485 e. The highest BCUT2D eigenvalue weighted by molar-refractivity contribution is 5.89. The number of benzene rings is 3. The number of aliphatic hydroxyl groups is 1. The van der Waals surface area contributed by atoms with Crippen LogP contribution in [0.2, 0.25) is 0 Å². The first-order chi connectivity index (χ1) is 17.1. The van der Waals surface area contributed by atoms with Crippen LogP contribution in [-0.4, -0.2) is 35.9 Å². The Kier molecular flexibility index (Phi) is 8.14. The fourth-order valence-electron chi connectivity index (χ4n) is 3.53. The van der Waals surface area contributed by atoms with Crippen molar-refractivity contribution in [2.24, 2.45) is 0 Å². The van der Waals surface area contributed by atoms with Gasteiger partial charge in [0.15, 0.2) is 11.9 Å². The molecule has 0 saturated heterocycles. The summed E-state index contributed by atoms with van der Waals surface area (Å²) in [5.41, 5.74) is 2.51. The molecule has 3 aromatic carbocycles. The van der Waals surface area contributed by atoms with E-state index in [-0.39, 0.29) is 37.8 Å². The predicted octanol–water partition coefficient (Wildman–Crippen LogP) is 3.70. The zero-order valence-electron chi connectivity index (χ0n) is 19.0. The highest BCUT2D eigenvalue weighted by Crippen LogP contribution is 2.29. The lowest BCUT2D eigenvalue weighted by atomic mass is 10.1. The summed E-state index contributed by atoms with van der Waals surface area (Å²) in [7, 11) is 0. The van der Waals surface area contributed by atoms with Gasteiger partial charge in [-0.2, -0.15) is 0 Å². The van der Waals surface area contributed by atoms with Gasteiger partial charge in [-0.05, 0) is 16.7 Å². The smallest absolute Gasteiger partial charge is 0.378 e. The van der Waals surface area contributed by atoms with Gasteiger partial charge < -0.3 is 24.1 Å². The Balaban J connectivity index is 1.44. The van der Waals surface area contributed by atoms with Crippen LogP contribution < -0.4 is 0 Å². The van der Waals surface area contributed by atoms with Gasteiger partial charge in [0.05, 0.1) is 6.42 Å². The van der Waals surface area contributed by atoms with E-state index in [1.165, 1.54) is 0 Å². The maximum atomic E-state index is 12.6. The minimum absolute atomic E-state index is 0.0661. The fraction of sp³-hybridized carbons (Fsp3) is 0.214. The average Bonchev–Trinajstić information content (AvgIpc) is 3.21. The van der Waals surface area contributed by atoms with E-state index in [2.05, 4.69) is 0 Å². The van der Waals surface area contributed by atoms with Crippen molar-refractivity contribution in [3.8, 4) is 0 Å². The molecule has 2 atom stereocenters. The minimum atomic E-state index is -1.33. The first-order valence-electron chi connectivity index (χ1n) is 11.3. The molecule has 0 aromatic heterocycles. The molecule has 0 amide bonds. The molecular formula is C28H26O7. The Hall–Kier alpha value is -4.10. The zero-order chi connectivity index (χ0) is 24.5. The molecule has 4 rings (SSSR count). The third kappa shape index (κ3) is 6.71. The summed E-state index contributed by atoms with van der Waals surface area (Å²) in [5.74, 6) is -1.29. The van der Waals surface area contributed by atoms with Crippen LogP contribution in [0.15, 0.2) is 103 Å². The number of carbonyl (C=O) groups is 2. The SMILES string of the molecule is O=C(Cc1ccccc1)OC[C@H](O)[C@H]1OC(=O)C(OCc2ccccc2)=C1OCc1ccccc1. The van der Waals surface area contributed by atoms with E-state index < -0.39 is 24.1 Å². The van der Waals surface area contributed by atoms with Gasteiger partial charge in [-0.1, -0.05) is 91.0 Å². The summed E-state index contributed by atoms with van der Waals surface area (Å²) < 4.78 is 22.3. The normalized spacial score (nSPS) is 15.9. The highest BCUT2D eigenvalue weighted by Gasteiger charge is 2.42. The second-order valence-electron chi connectivity index (χ2n) is 7.98. The third-order valence-electron chi connectivity index (χ3n) is 5.32. The van der Waals surface area contributed by atoms with Gasteiger partial charge in [0.25, 0.3) is 0 Å². The van der Waals surface area contributed by atoms with Gasteiger partial charge >= 0.3 is 11.9 Å². The van der Waals surface area contributed by atoms with E-state index in [0.29, 0.717) is 0 Å². The lowest BCUT2D eigenvalue weighted by molar-refractivity contribution is -0.154. The van der Waals surface area contributed by atoms with Crippen molar-refractivity contribution < 1.29 is 33.6 Å². The summed E-state index contributed by atoms with van der Waals surface area (Å²) in [6, 6.07) is 27.8. The van der Waals surface area contributed by atoms with Gasteiger partial charge in [0.1, 0.15) is 25.9 Å². The molecule has 0 spiro atoms. The molecule has 0 fully saturated rings. The molecular weight excluding hydrogens is 448 g/mol. The van der Waals surface area contributed by atoms with E-state index in [1.54, 1.807) is 0 Å². The van der Waals surface area contributed by atoms with Gasteiger partial charge in [-0.25, -0.2) is 4.79 Å². The number of rotatable bonds is 11. The maximum Gasteiger partial charge on any atom is 0.378 e. The lowest BCUT2D eigenvalue weighted by Crippen LogP contribution is -2.34. The van der Waals surface area contributed by atoms with Crippen LogP contribution in [0.5, 0.6) is 0 Å². The van der Waals surface area contributed by atoms with Crippen molar-refractivity contribution in [2.45, 2.75) is 31.8 Å².